The van der Waals surface area contributed by atoms with E-state index in [1.807, 2.05) is 0 Å². The van der Waals surface area contributed by atoms with E-state index in [2.05, 4.69) is 0 Å². The molecule has 3 heteroatoms. The van der Waals surface area contributed by atoms with Gasteiger partial charge in [0.05, 0.1) is 6.61 Å². The number of thioether (sulfide) groups is 1. The van der Waals surface area contributed by atoms with Gasteiger partial charge in [0.25, 0.3) is 0 Å². The summed E-state index contributed by atoms with van der Waals surface area (Å²) in [5, 5.41) is 0. The first-order chi connectivity index (χ1) is 3.93. The molecule has 0 aliphatic carbocycles. The SMILES string of the molecule is COC1OCCCS1. The quantitative estimate of drug-likeness (QED) is 0.534. The summed E-state index contributed by atoms with van der Waals surface area (Å²) < 4.78 is 10.1. The lowest BCUT2D eigenvalue weighted by atomic mass is 10.5. The molecule has 1 saturated heterocycles. The second-order valence-electron chi connectivity index (χ2n) is 1.62. The van der Waals surface area contributed by atoms with Gasteiger partial charge in [0.2, 0.25) is 5.62 Å². The lowest BCUT2D eigenvalue weighted by Gasteiger charge is -2.19. The summed E-state index contributed by atoms with van der Waals surface area (Å²) in [5.74, 6) is 1.17. The van der Waals surface area contributed by atoms with Crippen molar-refractivity contribution in [2.24, 2.45) is 0 Å². The molecule has 0 amide bonds. The highest BCUT2D eigenvalue weighted by molar-refractivity contribution is 7.99. The minimum atomic E-state index is 0.00347. The van der Waals surface area contributed by atoms with Crippen LogP contribution in [0.1, 0.15) is 6.42 Å². The van der Waals surface area contributed by atoms with Crippen LogP contribution in [0.2, 0.25) is 0 Å². The van der Waals surface area contributed by atoms with Crippen LogP contribution < -0.4 is 0 Å². The van der Waals surface area contributed by atoms with E-state index in [9.17, 15) is 0 Å². The largest absolute Gasteiger partial charge is 0.347 e. The standard InChI is InChI=1S/C5H10O2S/c1-6-5-7-3-2-4-8-5/h5H,2-4H2,1H3. The maximum absolute atomic E-state index is 5.17. The molecule has 8 heavy (non-hydrogen) atoms. The first kappa shape index (κ1) is 6.39. The number of ether oxygens (including phenoxy) is 2. The molecule has 1 rings (SSSR count). The Kier molecular flexibility index (Phi) is 2.66. The molecule has 1 atom stereocenters. The van der Waals surface area contributed by atoms with Crippen molar-refractivity contribution in [2.45, 2.75) is 12.0 Å². The van der Waals surface area contributed by atoms with Gasteiger partial charge < -0.3 is 9.47 Å². The predicted molar refractivity (Wildman–Crippen MR) is 33.8 cm³/mol. The van der Waals surface area contributed by atoms with E-state index in [1.165, 1.54) is 5.75 Å². The van der Waals surface area contributed by atoms with Crippen molar-refractivity contribution in [3.05, 3.63) is 0 Å². The fraction of sp³-hybridized carbons (Fsp3) is 1.00. The summed E-state index contributed by atoms with van der Waals surface area (Å²) in [6.07, 6.45) is 1.16. The van der Waals surface area contributed by atoms with Crippen LogP contribution in [0.15, 0.2) is 0 Å². The Morgan fingerprint density at radius 3 is 3.00 bits per heavy atom. The van der Waals surface area contributed by atoms with Crippen LogP contribution in [0.4, 0.5) is 0 Å². The van der Waals surface area contributed by atoms with E-state index in [0.29, 0.717) is 0 Å². The van der Waals surface area contributed by atoms with Gasteiger partial charge in [-0.15, -0.1) is 11.8 Å². The molecule has 0 N–H and O–H groups in total. The lowest BCUT2D eigenvalue weighted by molar-refractivity contribution is -0.0645. The minimum Gasteiger partial charge on any atom is -0.347 e. The van der Waals surface area contributed by atoms with Crippen molar-refractivity contribution < 1.29 is 9.47 Å². The molecule has 0 aromatic rings. The zero-order chi connectivity index (χ0) is 5.82. The van der Waals surface area contributed by atoms with Gasteiger partial charge >= 0.3 is 0 Å². The molecule has 0 radical (unpaired) electrons. The smallest absolute Gasteiger partial charge is 0.206 e. The molecule has 0 aromatic carbocycles. The summed E-state index contributed by atoms with van der Waals surface area (Å²) in [4.78, 5) is 0. The Labute approximate surface area is 53.5 Å². The molecule has 1 unspecified atom stereocenters. The third-order valence-electron chi connectivity index (χ3n) is 0.989. The number of hydrogen-bond donors (Lipinski definition) is 0. The Hall–Kier alpha value is 0.270. The van der Waals surface area contributed by atoms with Gasteiger partial charge in [-0.2, -0.15) is 0 Å². The van der Waals surface area contributed by atoms with Crippen molar-refractivity contribution in [3.8, 4) is 0 Å². The zero-order valence-electron chi connectivity index (χ0n) is 4.92. The molecule has 1 heterocycles. The molecule has 2 nitrogen and oxygen atoms in total. The zero-order valence-corrected chi connectivity index (χ0v) is 5.74. The number of methoxy groups -OCH3 is 1. The third kappa shape index (κ3) is 1.65. The molecule has 0 aromatic heterocycles. The van der Waals surface area contributed by atoms with Crippen LogP contribution in [0.3, 0.4) is 0 Å². The van der Waals surface area contributed by atoms with E-state index in [1.54, 1.807) is 18.9 Å². The summed E-state index contributed by atoms with van der Waals surface area (Å²) in [6.45, 7) is 0.853. The van der Waals surface area contributed by atoms with Crippen molar-refractivity contribution in [1.82, 2.24) is 0 Å². The highest BCUT2D eigenvalue weighted by atomic mass is 32.2. The summed E-state index contributed by atoms with van der Waals surface area (Å²) in [7, 11) is 1.67. The lowest BCUT2D eigenvalue weighted by Crippen LogP contribution is -2.17. The van der Waals surface area contributed by atoms with Gasteiger partial charge in [0.1, 0.15) is 0 Å². The second kappa shape index (κ2) is 3.33. The van der Waals surface area contributed by atoms with Gasteiger partial charge in [0.15, 0.2) is 0 Å². The molecular formula is C5H10O2S. The summed E-state index contributed by atoms with van der Waals surface area (Å²) >= 11 is 1.72. The van der Waals surface area contributed by atoms with Crippen molar-refractivity contribution in [1.29, 1.82) is 0 Å². The van der Waals surface area contributed by atoms with Crippen molar-refractivity contribution in [2.75, 3.05) is 19.5 Å². The third-order valence-corrected chi connectivity index (χ3v) is 2.11. The first-order valence-electron chi connectivity index (χ1n) is 2.69. The van der Waals surface area contributed by atoms with Crippen LogP contribution >= 0.6 is 11.8 Å². The predicted octanol–water partition coefficient (Wildman–Crippen LogP) is 1.07. The van der Waals surface area contributed by atoms with Gasteiger partial charge in [-0.05, 0) is 6.42 Å². The van der Waals surface area contributed by atoms with Crippen molar-refractivity contribution >= 4 is 11.8 Å². The van der Waals surface area contributed by atoms with E-state index >= 15 is 0 Å². The fourth-order valence-electron chi connectivity index (χ4n) is 0.602. The Morgan fingerprint density at radius 2 is 2.62 bits per heavy atom. The Morgan fingerprint density at radius 1 is 1.75 bits per heavy atom. The van der Waals surface area contributed by atoms with Gasteiger partial charge in [0, 0.05) is 12.9 Å². The topological polar surface area (TPSA) is 18.5 Å². The van der Waals surface area contributed by atoms with E-state index < -0.39 is 0 Å². The highest BCUT2D eigenvalue weighted by Crippen LogP contribution is 2.18. The van der Waals surface area contributed by atoms with E-state index in [-0.39, 0.29) is 5.62 Å². The Balaban J connectivity index is 2.13. The van der Waals surface area contributed by atoms with Gasteiger partial charge in [-0.25, -0.2) is 0 Å². The maximum Gasteiger partial charge on any atom is 0.206 e. The molecule has 1 fully saturated rings. The van der Waals surface area contributed by atoms with E-state index in [0.717, 1.165) is 13.0 Å². The van der Waals surface area contributed by atoms with Crippen LogP contribution in [-0.4, -0.2) is 25.1 Å². The average molecular weight is 134 g/mol. The second-order valence-corrected chi connectivity index (χ2v) is 2.75. The molecular weight excluding hydrogens is 124 g/mol. The molecule has 0 saturated carbocycles. The Bertz CT molecular complexity index is 61.4. The van der Waals surface area contributed by atoms with Crippen LogP contribution in [-0.2, 0) is 9.47 Å². The molecule has 1 aliphatic heterocycles. The van der Waals surface area contributed by atoms with Crippen LogP contribution in [0.25, 0.3) is 0 Å². The highest BCUT2D eigenvalue weighted by Gasteiger charge is 2.11. The molecule has 1 aliphatic rings. The van der Waals surface area contributed by atoms with E-state index in [4.69, 9.17) is 9.47 Å². The first-order valence-corrected chi connectivity index (χ1v) is 3.74. The normalized spacial score (nSPS) is 30.4. The fourth-order valence-corrected chi connectivity index (χ4v) is 1.41. The monoisotopic (exact) mass is 134 g/mol. The molecule has 48 valence electrons. The number of hydrogen-bond acceptors (Lipinski definition) is 3. The van der Waals surface area contributed by atoms with Gasteiger partial charge in [-0.3, -0.25) is 0 Å². The van der Waals surface area contributed by atoms with Crippen LogP contribution in [0.5, 0.6) is 0 Å². The molecule has 0 bridgehead atoms. The van der Waals surface area contributed by atoms with Crippen molar-refractivity contribution in [3.63, 3.8) is 0 Å². The van der Waals surface area contributed by atoms with Gasteiger partial charge in [-0.1, -0.05) is 0 Å². The number of rotatable bonds is 1. The summed E-state index contributed by atoms with van der Waals surface area (Å²) in [6, 6.07) is 0. The van der Waals surface area contributed by atoms with Crippen LogP contribution in [0, 0.1) is 0 Å². The molecule has 0 spiro atoms. The average Bonchev–Trinajstić information content (AvgIpc) is 1.90. The summed E-state index contributed by atoms with van der Waals surface area (Å²) in [5.41, 5.74) is 0.00347. The minimum absolute atomic E-state index is 0.00347. The maximum atomic E-state index is 5.17.